The number of nitro benzene ring substituents is 1. The maximum absolute atomic E-state index is 10.7. The summed E-state index contributed by atoms with van der Waals surface area (Å²) in [6, 6.07) is 6.31. The van der Waals surface area contributed by atoms with Gasteiger partial charge in [-0.2, -0.15) is 5.26 Å². The van der Waals surface area contributed by atoms with Gasteiger partial charge in [0.25, 0.3) is 5.69 Å². The highest BCUT2D eigenvalue weighted by Crippen LogP contribution is 2.21. The summed E-state index contributed by atoms with van der Waals surface area (Å²) in [6.45, 7) is 3.70. The Hall–Kier alpha value is -2.13. The van der Waals surface area contributed by atoms with Crippen LogP contribution < -0.4 is 10.6 Å². The summed E-state index contributed by atoms with van der Waals surface area (Å²) in [5.74, 6) is 0.427. The molecular formula is C12H16N4O2. The number of anilines is 1. The molecule has 1 unspecified atom stereocenters. The quantitative estimate of drug-likeness (QED) is 0.591. The Labute approximate surface area is 106 Å². The molecule has 1 aromatic carbocycles. The fourth-order valence-corrected chi connectivity index (χ4v) is 1.61. The second-order valence-corrected chi connectivity index (χ2v) is 4.14. The molecule has 0 fully saturated rings. The van der Waals surface area contributed by atoms with Gasteiger partial charge in [0.2, 0.25) is 0 Å². The van der Waals surface area contributed by atoms with Crippen molar-refractivity contribution >= 4 is 11.4 Å². The van der Waals surface area contributed by atoms with Crippen molar-refractivity contribution in [1.29, 1.82) is 5.26 Å². The molecule has 0 amide bonds. The molecule has 6 heteroatoms. The lowest BCUT2D eigenvalue weighted by molar-refractivity contribution is -0.385. The van der Waals surface area contributed by atoms with E-state index in [0.29, 0.717) is 5.92 Å². The van der Waals surface area contributed by atoms with Gasteiger partial charge in [-0.3, -0.25) is 10.1 Å². The third kappa shape index (κ3) is 3.71. The molecule has 0 aliphatic heterocycles. The number of rotatable bonds is 6. The lowest BCUT2D eigenvalue weighted by Gasteiger charge is -2.13. The number of nitro groups is 1. The second kappa shape index (κ2) is 6.57. The van der Waals surface area contributed by atoms with Crippen LogP contribution in [0.5, 0.6) is 0 Å². The van der Waals surface area contributed by atoms with Gasteiger partial charge in [0.1, 0.15) is 11.6 Å². The highest BCUT2D eigenvalue weighted by Gasteiger charge is 2.13. The molecule has 0 saturated carbocycles. The zero-order valence-corrected chi connectivity index (χ0v) is 10.4. The molecule has 1 aromatic rings. The van der Waals surface area contributed by atoms with Gasteiger partial charge in [0, 0.05) is 18.3 Å². The minimum absolute atomic E-state index is 0.0752. The summed E-state index contributed by atoms with van der Waals surface area (Å²) >= 11 is 0. The Bertz CT molecular complexity index is 468. The van der Waals surface area contributed by atoms with Crippen LogP contribution in [-0.4, -0.2) is 25.1 Å². The van der Waals surface area contributed by atoms with Gasteiger partial charge in [-0.05, 0) is 31.6 Å². The van der Waals surface area contributed by atoms with Crippen LogP contribution in [0.2, 0.25) is 0 Å². The van der Waals surface area contributed by atoms with Gasteiger partial charge in [0.15, 0.2) is 0 Å². The molecule has 6 nitrogen and oxygen atoms in total. The van der Waals surface area contributed by atoms with Crippen LogP contribution in [-0.2, 0) is 0 Å². The highest BCUT2D eigenvalue weighted by molar-refractivity contribution is 5.58. The minimum atomic E-state index is -0.550. The molecule has 0 aliphatic rings. The first-order chi connectivity index (χ1) is 8.58. The van der Waals surface area contributed by atoms with E-state index in [1.807, 2.05) is 13.1 Å². The first-order valence-corrected chi connectivity index (χ1v) is 5.65. The molecule has 0 bridgehead atoms. The predicted molar refractivity (Wildman–Crippen MR) is 69.4 cm³/mol. The van der Waals surface area contributed by atoms with Crippen LogP contribution in [0.4, 0.5) is 11.4 Å². The molecule has 0 spiro atoms. The largest absolute Gasteiger partial charge is 0.385 e. The Morgan fingerprint density at radius 3 is 2.78 bits per heavy atom. The van der Waals surface area contributed by atoms with Crippen LogP contribution in [0.25, 0.3) is 0 Å². The van der Waals surface area contributed by atoms with Crippen molar-refractivity contribution in [1.82, 2.24) is 5.32 Å². The topological polar surface area (TPSA) is 91.0 Å². The van der Waals surface area contributed by atoms with E-state index in [1.54, 1.807) is 6.07 Å². The number of nitrogens with zero attached hydrogens (tertiary/aromatic N) is 2. The first-order valence-electron chi connectivity index (χ1n) is 5.65. The van der Waals surface area contributed by atoms with Gasteiger partial charge in [-0.15, -0.1) is 0 Å². The van der Waals surface area contributed by atoms with Crippen LogP contribution in [0.3, 0.4) is 0 Å². The first kappa shape index (κ1) is 13.9. The van der Waals surface area contributed by atoms with Crippen molar-refractivity contribution in [2.75, 3.05) is 25.5 Å². The molecular weight excluding hydrogens is 232 g/mol. The normalized spacial score (nSPS) is 11.6. The fourth-order valence-electron chi connectivity index (χ4n) is 1.61. The summed E-state index contributed by atoms with van der Waals surface area (Å²) in [5.41, 5.74) is 0.637. The predicted octanol–water partition coefficient (Wildman–Crippen LogP) is 1.73. The number of nitrogens with one attached hydrogen (secondary N) is 2. The number of nitriles is 1. The molecule has 0 heterocycles. The van der Waals surface area contributed by atoms with Crippen molar-refractivity contribution in [3.8, 4) is 6.07 Å². The minimum Gasteiger partial charge on any atom is -0.385 e. The van der Waals surface area contributed by atoms with E-state index in [9.17, 15) is 10.1 Å². The molecule has 0 radical (unpaired) electrons. The number of hydrogen-bond donors (Lipinski definition) is 2. The average molecular weight is 248 g/mol. The van der Waals surface area contributed by atoms with Gasteiger partial charge in [-0.25, -0.2) is 0 Å². The standard InChI is InChI=1S/C12H16N4O2/c1-9(7-14-2)8-15-11-3-4-12(16(17)18)10(5-11)6-13/h3-5,9,14-15H,7-8H2,1-2H3. The van der Waals surface area contributed by atoms with E-state index in [-0.39, 0.29) is 11.3 Å². The van der Waals surface area contributed by atoms with E-state index >= 15 is 0 Å². The summed E-state index contributed by atoms with van der Waals surface area (Å²) in [4.78, 5) is 10.1. The molecule has 1 atom stereocenters. The van der Waals surface area contributed by atoms with E-state index in [1.165, 1.54) is 12.1 Å². The summed E-state index contributed by atoms with van der Waals surface area (Å²) in [5, 5.41) is 25.8. The maximum atomic E-state index is 10.7. The number of benzene rings is 1. The molecule has 2 N–H and O–H groups in total. The lowest BCUT2D eigenvalue weighted by atomic mass is 10.1. The van der Waals surface area contributed by atoms with Crippen LogP contribution >= 0.6 is 0 Å². The highest BCUT2D eigenvalue weighted by atomic mass is 16.6. The van der Waals surface area contributed by atoms with Crippen LogP contribution in [0.1, 0.15) is 12.5 Å². The van der Waals surface area contributed by atoms with Gasteiger partial charge in [0.05, 0.1) is 4.92 Å². The Balaban J connectivity index is 2.75. The third-order valence-electron chi connectivity index (χ3n) is 2.52. The molecule has 96 valence electrons. The Morgan fingerprint density at radius 1 is 1.50 bits per heavy atom. The Kier molecular flexibility index (Phi) is 5.08. The van der Waals surface area contributed by atoms with Gasteiger partial charge < -0.3 is 10.6 Å². The summed E-state index contributed by atoms with van der Waals surface area (Å²) < 4.78 is 0. The van der Waals surface area contributed by atoms with Crippen LogP contribution in [0.15, 0.2) is 18.2 Å². The molecule has 1 rings (SSSR count). The Morgan fingerprint density at radius 2 is 2.22 bits per heavy atom. The van der Waals surface area contributed by atoms with Crippen molar-refractivity contribution in [2.24, 2.45) is 5.92 Å². The fraction of sp³-hybridized carbons (Fsp3) is 0.417. The van der Waals surface area contributed by atoms with E-state index in [0.717, 1.165) is 18.8 Å². The number of hydrogen-bond acceptors (Lipinski definition) is 5. The molecule has 0 saturated heterocycles. The molecule has 0 aliphatic carbocycles. The van der Waals surface area contributed by atoms with Gasteiger partial charge in [-0.1, -0.05) is 6.92 Å². The lowest BCUT2D eigenvalue weighted by Crippen LogP contribution is -2.22. The van der Waals surface area contributed by atoms with E-state index in [2.05, 4.69) is 17.6 Å². The van der Waals surface area contributed by atoms with Crippen molar-refractivity contribution < 1.29 is 4.92 Å². The third-order valence-corrected chi connectivity index (χ3v) is 2.52. The van der Waals surface area contributed by atoms with Crippen LogP contribution in [0, 0.1) is 27.4 Å². The zero-order valence-electron chi connectivity index (χ0n) is 10.4. The maximum Gasteiger partial charge on any atom is 0.287 e. The monoisotopic (exact) mass is 248 g/mol. The van der Waals surface area contributed by atoms with E-state index in [4.69, 9.17) is 5.26 Å². The SMILES string of the molecule is CNCC(C)CNc1ccc([N+](=O)[O-])c(C#N)c1. The van der Waals surface area contributed by atoms with E-state index < -0.39 is 4.92 Å². The second-order valence-electron chi connectivity index (χ2n) is 4.14. The zero-order chi connectivity index (χ0) is 13.5. The van der Waals surface area contributed by atoms with Crippen molar-refractivity contribution in [3.63, 3.8) is 0 Å². The van der Waals surface area contributed by atoms with Crippen molar-refractivity contribution in [3.05, 3.63) is 33.9 Å². The molecule has 18 heavy (non-hydrogen) atoms. The molecule has 0 aromatic heterocycles. The smallest absolute Gasteiger partial charge is 0.287 e. The summed E-state index contributed by atoms with van der Waals surface area (Å²) in [6.07, 6.45) is 0. The van der Waals surface area contributed by atoms with Gasteiger partial charge >= 0.3 is 0 Å². The average Bonchev–Trinajstić information content (AvgIpc) is 2.36. The summed E-state index contributed by atoms with van der Waals surface area (Å²) in [7, 11) is 1.89. The van der Waals surface area contributed by atoms with Crippen molar-refractivity contribution in [2.45, 2.75) is 6.92 Å².